The van der Waals surface area contributed by atoms with Crippen molar-refractivity contribution in [2.75, 3.05) is 24.7 Å². The summed E-state index contributed by atoms with van der Waals surface area (Å²) in [6.45, 7) is 3.77. The fraction of sp³-hybridized carbons (Fsp3) is 0.458. The predicted octanol–water partition coefficient (Wildman–Crippen LogP) is 1.92. The van der Waals surface area contributed by atoms with Crippen molar-refractivity contribution in [2.24, 2.45) is 0 Å². The van der Waals surface area contributed by atoms with Crippen molar-refractivity contribution in [1.29, 1.82) is 0 Å². The van der Waals surface area contributed by atoms with E-state index in [0.717, 1.165) is 24.8 Å². The van der Waals surface area contributed by atoms with E-state index in [1.165, 1.54) is 0 Å². The molecular formula is C24H33N5O6. The number of nitrogen functional groups attached to an aromatic ring is 2. The molecular weight excluding hydrogens is 454 g/mol. The van der Waals surface area contributed by atoms with E-state index in [0.29, 0.717) is 17.5 Å². The van der Waals surface area contributed by atoms with Gasteiger partial charge in [0, 0.05) is 12.0 Å². The van der Waals surface area contributed by atoms with Gasteiger partial charge in [-0.05, 0) is 63.6 Å². The van der Waals surface area contributed by atoms with Gasteiger partial charge in [0.25, 0.3) is 5.91 Å². The smallest absolute Gasteiger partial charge is 0.328 e. The van der Waals surface area contributed by atoms with Crippen LogP contribution in [0.2, 0.25) is 0 Å². The van der Waals surface area contributed by atoms with Crippen LogP contribution in [0.25, 0.3) is 0 Å². The van der Waals surface area contributed by atoms with E-state index < -0.39 is 23.9 Å². The third-order valence-electron chi connectivity index (χ3n) is 5.21. The molecule has 1 atom stereocenters. The fourth-order valence-electron chi connectivity index (χ4n) is 3.43. The highest BCUT2D eigenvalue weighted by atomic mass is 16.5. The molecule has 0 aliphatic rings. The van der Waals surface area contributed by atoms with Crippen molar-refractivity contribution in [3.05, 3.63) is 41.0 Å². The Hall–Kier alpha value is -3.89. The lowest BCUT2D eigenvalue weighted by atomic mass is 10.0. The minimum atomic E-state index is -0.951. The van der Waals surface area contributed by atoms with E-state index in [4.69, 9.17) is 20.9 Å². The molecule has 11 heteroatoms. The number of anilines is 2. The molecule has 1 aromatic carbocycles. The van der Waals surface area contributed by atoms with Crippen LogP contribution in [0.4, 0.5) is 11.8 Å². The van der Waals surface area contributed by atoms with Crippen LogP contribution in [-0.2, 0) is 31.9 Å². The SMILES string of the molecule is CCOC(=O)CC[C@@H](NC(=O)c1ccc(CCCCc2c(N)nc(N)nc2O)cc1)C(=O)OCC. The van der Waals surface area contributed by atoms with Crippen molar-refractivity contribution < 1.29 is 29.0 Å². The Balaban J connectivity index is 1.88. The number of nitrogens with two attached hydrogens (primary N) is 2. The largest absolute Gasteiger partial charge is 0.493 e. The number of aromatic hydroxyl groups is 1. The van der Waals surface area contributed by atoms with Crippen LogP contribution in [0, 0.1) is 0 Å². The summed E-state index contributed by atoms with van der Waals surface area (Å²) in [6.07, 6.45) is 2.90. The number of ether oxygens (including phenoxy) is 2. The number of nitrogens with one attached hydrogen (secondary N) is 1. The first-order chi connectivity index (χ1) is 16.7. The highest BCUT2D eigenvalue weighted by Crippen LogP contribution is 2.23. The quantitative estimate of drug-likeness (QED) is 0.241. The molecule has 1 heterocycles. The number of nitrogens with zero attached hydrogens (tertiary/aromatic N) is 2. The highest BCUT2D eigenvalue weighted by Gasteiger charge is 2.24. The second-order valence-electron chi connectivity index (χ2n) is 7.80. The Morgan fingerprint density at radius 1 is 1.00 bits per heavy atom. The standard InChI is InChI=1S/C24H33N5O6/c1-3-34-19(30)14-13-18(23(33)35-4-2)27-21(31)16-11-9-15(10-12-16)7-5-6-8-17-20(25)28-24(26)29-22(17)32/h9-12,18H,3-8,13-14H2,1-2H3,(H,27,31)(H5,25,26,28,29,32)/t18-/m1/s1. The van der Waals surface area contributed by atoms with Crippen LogP contribution in [0.5, 0.6) is 5.88 Å². The van der Waals surface area contributed by atoms with Crippen molar-refractivity contribution in [2.45, 2.75) is 58.4 Å². The lowest BCUT2D eigenvalue weighted by Crippen LogP contribution is -2.42. The van der Waals surface area contributed by atoms with E-state index in [9.17, 15) is 19.5 Å². The maximum Gasteiger partial charge on any atom is 0.328 e. The predicted molar refractivity (Wildman–Crippen MR) is 129 cm³/mol. The number of carbonyl (C=O) groups excluding carboxylic acids is 3. The molecule has 0 spiro atoms. The van der Waals surface area contributed by atoms with Crippen LogP contribution < -0.4 is 16.8 Å². The third-order valence-corrected chi connectivity index (χ3v) is 5.21. The first-order valence-electron chi connectivity index (χ1n) is 11.6. The van der Waals surface area contributed by atoms with Crippen molar-refractivity contribution in [3.63, 3.8) is 0 Å². The molecule has 1 amide bonds. The van der Waals surface area contributed by atoms with Gasteiger partial charge >= 0.3 is 11.9 Å². The van der Waals surface area contributed by atoms with E-state index in [1.54, 1.807) is 26.0 Å². The summed E-state index contributed by atoms with van der Waals surface area (Å²) in [7, 11) is 0. The molecule has 190 valence electrons. The van der Waals surface area contributed by atoms with Gasteiger partial charge in [-0.25, -0.2) is 4.79 Å². The Morgan fingerprint density at radius 2 is 1.66 bits per heavy atom. The van der Waals surface area contributed by atoms with E-state index in [2.05, 4.69) is 15.3 Å². The minimum absolute atomic E-state index is 0.0115. The topological polar surface area (TPSA) is 180 Å². The molecule has 35 heavy (non-hydrogen) atoms. The van der Waals surface area contributed by atoms with Crippen molar-refractivity contribution in [3.8, 4) is 5.88 Å². The molecule has 6 N–H and O–H groups in total. The second kappa shape index (κ2) is 13.7. The van der Waals surface area contributed by atoms with Gasteiger partial charge in [-0.1, -0.05) is 12.1 Å². The van der Waals surface area contributed by atoms with E-state index in [1.807, 2.05) is 12.1 Å². The van der Waals surface area contributed by atoms with Crippen LogP contribution in [0.1, 0.15) is 61.0 Å². The van der Waals surface area contributed by atoms with Crippen molar-refractivity contribution in [1.82, 2.24) is 15.3 Å². The van der Waals surface area contributed by atoms with E-state index >= 15 is 0 Å². The van der Waals surface area contributed by atoms with Gasteiger partial charge in [-0.15, -0.1) is 0 Å². The molecule has 0 radical (unpaired) electrons. The Bertz CT molecular complexity index is 989. The molecule has 11 nitrogen and oxygen atoms in total. The number of hydrogen-bond donors (Lipinski definition) is 4. The van der Waals surface area contributed by atoms with Gasteiger partial charge in [0.15, 0.2) is 0 Å². The molecule has 0 aliphatic carbocycles. The number of benzene rings is 1. The van der Waals surface area contributed by atoms with Crippen LogP contribution in [-0.4, -0.2) is 52.2 Å². The molecule has 0 saturated heterocycles. The second-order valence-corrected chi connectivity index (χ2v) is 7.80. The van der Waals surface area contributed by atoms with Gasteiger partial charge < -0.3 is 31.4 Å². The monoisotopic (exact) mass is 487 g/mol. The summed E-state index contributed by atoms with van der Waals surface area (Å²) < 4.78 is 9.90. The zero-order valence-electron chi connectivity index (χ0n) is 20.1. The Labute approximate surface area is 204 Å². The normalized spacial score (nSPS) is 11.5. The average molecular weight is 488 g/mol. The highest BCUT2D eigenvalue weighted by molar-refractivity contribution is 5.96. The summed E-state index contributed by atoms with van der Waals surface area (Å²) in [6, 6.07) is 6.08. The molecule has 0 aliphatic heterocycles. The number of aromatic nitrogens is 2. The number of carbonyl (C=O) groups is 3. The number of amides is 1. The maximum absolute atomic E-state index is 12.7. The first kappa shape index (κ1) is 27.4. The fourth-order valence-corrected chi connectivity index (χ4v) is 3.43. The number of aryl methyl sites for hydroxylation is 1. The molecule has 0 saturated carbocycles. The Morgan fingerprint density at radius 3 is 2.29 bits per heavy atom. The molecule has 0 unspecified atom stereocenters. The average Bonchev–Trinajstić information content (AvgIpc) is 2.81. The zero-order chi connectivity index (χ0) is 25.8. The number of hydrogen-bond acceptors (Lipinski definition) is 10. The van der Waals surface area contributed by atoms with Crippen LogP contribution in [0.3, 0.4) is 0 Å². The zero-order valence-corrected chi connectivity index (χ0v) is 20.1. The van der Waals surface area contributed by atoms with Gasteiger partial charge in [0.1, 0.15) is 11.9 Å². The maximum atomic E-state index is 12.7. The minimum Gasteiger partial charge on any atom is -0.493 e. The van der Waals surface area contributed by atoms with Gasteiger partial charge in [-0.3, -0.25) is 9.59 Å². The summed E-state index contributed by atoms with van der Waals surface area (Å²) in [5.41, 5.74) is 13.1. The first-order valence-corrected chi connectivity index (χ1v) is 11.6. The van der Waals surface area contributed by atoms with Gasteiger partial charge in [-0.2, -0.15) is 9.97 Å². The van der Waals surface area contributed by atoms with Crippen LogP contribution >= 0.6 is 0 Å². The number of rotatable bonds is 13. The molecule has 2 aromatic rings. The molecule has 0 fully saturated rings. The summed E-state index contributed by atoms with van der Waals surface area (Å²) in [5.74, 6) is -1.57. The molecule has 2 rings (SSSR count). The van der Waals surface area contributed by atoms with Gasteiger partial charge in [0.05, 0.1) is 18.8 Å². The summed E-state index contributed by atoms with van der Waals surface area (Å²) in [5, 5.41) is 12.5. The Kier molecular flexibility index (Phi) is 10.7. The van der Waals surface area contributed by atoms with Crippen molar-refractivity contribution >= 4 is 29.6 Å². The molecule has 0 bridgehead atoms. The van der Waals surface area contributed by atoms with Gasteiger partial charge in [0.2, 0.25) is 11.8 Å². The van der Waals surface area contributed by atoms with E-state index in [-0.39, 0.29) is 43.7 Å². The lowest BCUT2D eigenvalue weighted by Gasteiger charge is -2.17. The summed E-state index contributed by atoms with van der Waals surface area (Å²) >= 11 is 0. The number of unbranched alkanes of at least 4 members (excludes halogenated alkanes) is 1. The summed E-state index contributed by atoms with van der Waals surface area (Å²) in [4.78, 5) is 44.1. The number of esters is 2. The lowest BCUT2D eigenvalue weighted by molar-refractivity contribution is -0.146. The third kappa shape index (κ3) is 8.76. The molecule has 1 aromatic heterocycles. The van der Waals surface area contributed by atoms with Crippen LogP contribution in [0.15, 0.2) is 24.3 Å².